The average molecular weight is 637 g/mol. The van der Waals surface area contributed by atoms with Gasteiger partial charge < -0.3 is 28.8 Å². The minimum atomic E-state index is -0.725. The number of hydrogen-bond donors (Lipinski definition) is 1. The monoisotopic (exact) mass is 636 g/mol. The van der Waals surface area contributed by atoms with E-state index in [9.17, 15) is 19.5 Å². The summed E-state index contributed by atoms with van der Waals surface area (Å²) in [6, 6.07) is 0. The number of hydrogen-bond acceptors (Lipinski definition) is 9. The second kappa shape index (κ2) is 12.4. The first-order chi connectivity index (χ1) is 20.6. The molecule has 0 bridgehead atoms. The van der Waals surface area contributed by atoms with Crippen molar-refractivity contribution in [3.8, 4) is 0 Å². The molecule has 9 heteroatoms. The summed E-state index contributed by atoms with van der Waals surface area (Å²) in [7, 11) is 0. The zero-order chi connectivity index (χ0) is 33.8. The Kier molecular flexibility index (Phi) is 9.95. The highest BCUT2D eigenvalue weighted by Crippen LogP contribution is 2.60. The standard InChI is InChI=1S/C36H60O9/c1-22(37)41-28-15-19-34(9)26(36(11,43-24(3)39)21-17-30(34)45-32(28,6)7)13-12-25-33(8)18-14-27(40)31(4,5)44-29(33)16-20-35(25,10)42-23(2)38/h25-30,40H,12-21H2,1-11H3. The third-order valence-electron chi connectivity index (χ3n) is 12.5. The highest BCUT2D eigenvalue weighted by molar-refractivity contribution is 5.67. The van der Waals surface area contributed by atoms with Crippen molar-refractivity contribution >= 4 is 17.9 Å². The van der Waals surface area contributed by atoms with E-state index in [2.05, 4.69) is 27.7 Å². The van der Waals surface area contributed by atoms with Crippen molar-refractivity contribution in [3.05, 3.63) is 0 Å². The summed E-state index contributed by atoms with van der Waals surface area (Å²) in [6.45, 7) is 20.9. The van der Waals surface area contributed by atoms with Gasteiger partial charge in [0.2, 0.25) is 0 Å². The maximum absolute atomic E-state index is 12.6. The Balaban J connectivity index is 1.74. The Morgan fingerprint density at radius 2 is 1.04 bits per heavy atom. The van der Waals surface area contributed by atoms with Crippen LogP contribution in [0.4, 0.5) is 0 Å². The fourth-order valence-corrected chi connectivity index (χ4v) is 10.1. The van der Waals surface area contributed by atoms with Crippen molar-refractivity contribution in [1.29, 1.82) is 0 Å². The van der Waals surface area contributed by atoms with Crippen molar-refractivity contribution in [1.82, 2.24) is 0 Å². The summed E-state index contributed by atoms with van der Waals surface area (Å²) in [5, 5.41) is 11.0. The number of ether oxygens (including phenoxy) is 5. The molecule has 4 aliphatic rings. The zero-order valence-electron chi connectivity index (χ0n) is 29.7. The third-order valence-corrected chi connectivity index (χ3v) is 12.5. The van der Waals surface area contributed by atoms with Crippen LogP contribution in [0.25, 0.3) is 0 Å². The largest absolute Gasteiger partial charge is 0.460 e. The van der Waals surface area contributed by atoms with E-state index in [-0.39, 0.29) is 58.9 Å². The molecule has 2 heterocycles. The number of aliphatic hydroxyl groups is 1. The summed E-state index contributed by atoms with van der Waals surface area (Å²) in [6.07, 6.45) is 5.75. The molecule has 2 saturated carbocycles. The van der Waals surface area contributed by atoms with E-state index >= 15 is 0 Å². The van der Waals surface area contributed by atoms with Crippen LogP contribution in [0.5, 0.6) is 0 Å². The number of aliphatic hydroxyl groups excluding tert-OH is 1. The fourth-order valence-electron chi connectivity index (χ4n) is 10.1. The number of esters is 3. The topological polar surface area (TPSA) is 118 Å². The molecule has 0 aromatic rings. The molecule has 10 atom stereocenters. The summed E-state index contributed by atoms with van der Waals surface area (Å²) in [5.41, 5.74) is -3.52. The molecule has 258 valence electrons. The van der Waals surface area contributed by atoms with E-state index in [1.165, 1.54) is 20.8 Å². The molecule has 0 spiro atoms. The molecule has 10 unspecified atom stereocenters. The Bertz CT molecular complexity index is 1130. The molecule has 1 N–H and O–H groups in total. The summed E-state index contributed by atoms with van der Waals surface area (Å²) < 4.78 is 31.8. The van der Waals surface area contributed by atoms with Crippen LogP contribution >= 0.6 is 0 Å². The number of fused-ring (bicyclic) bond motifs is 2. The predicted molar refractivity (Wildman–Crippen MR) is 169 cm³/mol. The second-order valence-corrected chi connectivity index (χ2v) is 16.7. The van der Waals surface area contributed by atoms with Gasteiger partial charge in [-0.3, -0.25) is 14.4 Å². The lowest BCUT2D eigenvalue weighted by Crippen LogP contribution is -2.60. The molecule has 9 nitrogen and oxygen atoms in total. The fraction of sp³-hybridized carbons (Fsp3) is 0.917. The maximum Gasteiger partial charge on any atom is 0.303 e. The number of rotatable bonds is 6. The van der Waals surface area contributed by atoms with Crippen molar-refractivity contribution in [3.63, 3.8) is 0 Å². The molecule has 0 aromatic carbocycles. The normalized spacial score (nSPS) is 44.3. The molecular formula is C36H60O9. The van der Waals surface area contributed by atoms with Gasteiger partial charge in [-0.15, -0.1) is 0 Å². The number of carbonyl (C=O) groups is 3. The molecular weight excluding hydrogens is 576 g/mol. The van der Waals surface area contributed by atoms with Gasteiger partial charge in [0.1, 0.15) is 17.3 Å². The van der Waals surface area contributed by atoms with Crippen LogP contribution in [-0.2, 0) is 38.1 Å². The van der Waals surface area contributed by atoms with Gasteiger partial charge >= 0.3 is 17.9 Å². The van der Waals surface area contributed by atoms with Crippen molar-refractivity contribution in [2.24, 2.45) is 22.7 Å². The highest BCUT2D eigenvalue weighted by Gasteiger charge is 2.62. The molecule has 4 fully saturated rings. The minimum absolute atomic E-state index is 0.0590. The molecule has 4 rings (SSSR count). The first kappa shape index (κ1) is 36.1. The molecule has 0 radical (unpaired) electrons. The molecule has 2 saturated heterocycles. The summed E-state index contributed by atoms with van der Waals surface area (Å²) in [4.78, 5) is 37.1. The number of carbonyl (C=O) groups excluding carboxylic acids is 3. The Morgan fingerprint density at radius 3 is 1.47 bits per heavy atom. The van der Waals surface area contributed by atoms with Crippen molar-refractivity contribution in [2.45, 2.75) is 187 Å². The first-order valence-corrected chi connectivity index (χ1v) is 17.2. The lowest BCUT2D eigenvalue weighted by molar-refractivity contribution is -0.230. The van der Waals surface area contributed by atoms with Gasteiger partial charge in [0.15, 0.2) is 0 Å². The van der Waals surface area contributed by atoms with Crippen LogP contribution in [0, 0.1) is 22.7 Å². The third kappa shape index (κ3) is 6.96. The van der Waals surface area contributed by atoms with Gasteiger partial charge in [-0.05, 0) is 106 Å². The predicted octanol–water partition coefficient (Wildman–Crippen LogP) is 6.45. The first-order valence-electron chi connectivity index (χ1n) is 17.2. The average Bonchev–Trinajstić information content (AvgIpc) is 3.04. The maximum atomic E-state index is 12.6. The second-order valence-electron chi connectivity index (χ2n) is 16.7. The molecule has 0 amide bonds. The van der Waals surface area contributed by atoms with Gasteiger partial charge in [0.05, 0.1) is 29.5 Å². The van der Waals surface area contributed by atoms with Crippen LogP contribution in [0.3, 0.4) is 0 Å². The highest BCUT2D eigenvalue weighted by atomic mass is 16.6. The van der Waals surface area contributed by atoms with Crippen LogP contribution in [-0.4, -0.2) is 69.8 Å². The van der Waals surface area contributed by atoms with Crippen LogP contribution in [0.2, 0.25) is 0 Å². The van der Waals surface area contributed by atoms with E-state index in [1.54, 1.807) is 0 Å². The lowest BCUT2D eigenvalue weighted by atomic mass is 9.53. The van der Waals surface area contributed by atoms with E-state index in [0.29, 0.717) is 32.1 Å². The molecule has 45 heavy (non-hydrogen) atoms. The van der Waals surface area contributed by atoms with Crippen molar-refractivity contribution < 1.29 is 43.2 Å². The van der Waals surface area contributed by atoms with E-state index in [0.717, 1.165) is 32.1 Å². The van der Waals surface area contributed by atoms with Gasteiger partial charge in [0.25, 0.3) is 0 Å². The van der Waals surface area contributed by atoms with Gasteiger partial charge in [-0.2, -0.15) is 0 Å². The van der Waals surface area contributed by atoms with Crippen molar-refractivity contribution in [2.75, 3.05) is 0 Å². The Hall–Kier alpha value is -1.71. The van der Waals surface area contributed by atoms with E-state index in [4.69, 9.17) is 23.7 Å². The quantitative estimate of drug-likeness (QED) is 0.259. The van der Waals surface area contributed by atoms with Gasteiger partial charge in [-0.25, -0.2) is 0 Å². The molecule has 0 aromatic heterocycles. The van der Waals surface area contributed by atoms with Crippen LogP contribution < -0.4 is 0 Å². The Labute approximate surface area is 270 Å². The zero-order valence-corrected chi connectivity index (χ0v) is 29.7. The van der Waals surface area contributed by atoms with Crippen LogP contribution in [0.15, 0.2) is 0 Å². The Morgan fingerprint density at radius 1 is 0.622 bits per heavy atom. The van der Waals surface area contributed by atoms with E-state index in [1.807, 2.05) is 27.7 Å². The van der Waals surface area contributed by atoms with Gasteiger partial charge in [0, 0.05) is 43.4 Å². The summed E-state index contributed by atoms with van der Waals surface area (Å²) >= 11 is 0. The smallest absolute Gasteiger partial charge is 0.303 e. The SMILES string of the molecule is CC(=O)OC1CCC2(C)C(CCC(C)(OC(C)=O)C2CCC2C(C)(OC(C)=O)CCC3OC(C)(C)C(O)CCC32C)OC1(C)C. The molecule has 2 aliphatic carbocycles. The van der Waals surface area contributed by atoms with E-state index < -0.39 is 28.5 Å². The van der Waals surface area contributed by atoms with Crippen LogP contribution in [0.1, 0.15) is 140 Å². The van der Waals surface area contributed by atoms with Gasteiger partial charge in [-0.1, -0.05) is 13.8 Å². The molecule has 2 aliphatic heterocycles. The lowest BCUT2D eigenvalue weighted by Gasteiger charge is -2.58. The minimum Gasteiger partial charge on any atom is -0.460 e. The summed E-state index contributed by atoms with van der Waals surface area (Å²) in [5.74, 6) is -1.06.